The average molecular weight is 399 g/mol. The van der Waals surface area contributed by atoms with E-state index in [1.165, 1.54) is 0 Å². The first kappa shape index (κ1) is 18.9. The van der Waals surface area contributed by atoms with Crippen LogP contribution in [0.25, 0.3) is 22.3 Å². The number of nitrogens with zero attached hydrogens (tertiary/aromatic N) is 3. The lowest BCUT2D eigenvalue weighted by Gasteiger charge is -2.05. The van der Waals surface area contributed by atoms with E-state index in [4.69, 9.17) is 0 Å². The number of hydrogen-bond donors (Lipinski definition) is 0. The number of rotatable bonds is 3. The molecular weight excluding hydrogens is 383 g/mol. The van der Waals surface area contributed by atoms with Crippen molar-refractivity contribution in [3.63, 3.8) is 0 Å². The number of aryl methyl sites for hydroxylation is 2. The van der Waals surface area contributed by atoms with Crippen LogP contribution >= 0.6 is 0 Å². The van der Waals surface area contributed by atoms with Gasteiger partial charge in [-0.25, -0.2) is 0 Å². The van der Waals surface area contributed by atoms with Crippen molar-refractivity contribution in [2.24, 2.45) is 0 Å². The Bertz CT molecular complexity index is 1200. The minimum absolute atomic E-state index is 0.0985. The van der Waals surface area contributed by atoms with Crippen LogP contribution in [0.4, 0.5) is 13.2 Å². The van der Waals surface area contributed by atoms with Crippen molar-refractivity contribution in [2.75, 3.05) is 0 Å². The Hall–Kier alpha value is -3.42. The fourth-order valence-electron chi connectivity index (χ4n) is 3.16. The highest BCUT2D eigenvalue weighted by Gasteiger charge is 2.38. The first-order valence-electron chi connectivity index (χ1n) is 8.84. The van der Waals surface area contributed by atoms with Gasteiger partial charge < -0.3 is 4.52 Å². The van der Waals surface area contributed by atoms with Crippen LogP contribution in [0.2, 0.25) is 0 Å². The summed E-state index contributed by atoms with van der Waals surface area (Å²) in [6.07, 6.45) is -2.73. The van der Waals surface area contributed by atoms with Gasteiger partial charge in [0.2, 0.25) is 11.7 Å². The summed E-state index contributed by atoms with van der Waals surface area (Å²) in [7, 11) is 0. The smallest absolute Gasteiger partial charge is 0.329 e. The van der Waals surface area contributed by atoms with Crippen molar-refractivity contribution in [3.8, 4) is 11.4 Å². The van der Waals surface area contributed by atoms with Crippen molar-refractivity contribution in [1.29, 1.82) is 0 Å². The fourth-order valence-corrected chi connectivity index (χ4v) is 3.16. The number of carbonyl (C=O) groups is 1. The first-order chi connectivity index (χ1) is 13.7. The molecule has 4 rings (SSSR count). The molecule has 2 aromatic heterocycles. The van der Waals surface area contributed by atoms with E-state index < -0.39 is 12.1 Å². The second kappa shape index (κ2) is 6.88. The second-order valence-corrected chi connectivity index (χ2v) is 6.89. The molecule has 0 aliphatic carbocycles. The van der Waals surface area contributed by atoms with Gasteiger partial charge in [-0.15, -0.1) is 0 Å². The topological polar surface area (TPSA) is 60.9 Å². The molecule has 0 spiro atoms. The molecule has 0 saturated carbocycles. The molecule has 29 heavy (non-hydrogen) atoms. The summed E-state index contributed by atoms with van der Waals surface area (Å²) in [6, 6.07) is 12.6. The van der Waals surface area contributed by atoms with Gasteiger partial charge >= 0.3 is 12.1 Å². The van der Waals surface area contributed by atoms with E-state index in [0.29, 0.717) is 11.1 Å². The van der Waals surface area contributed by atoms with Gasteiger partial charge in [-0.05, 0) is 43.2 Å². The predicted octanol–water partition coefficient (Wildman–Crippen LogP) is 5.21. The molecule has 148 valence electrons. The lowest BCUT2D eigenvalue weighted by Crippen LogP contribution is -2.12. The molecule has 5 nitrogen and oxygen atoms in total. The Labute approximate surface area is 163 Å². The molecular formula is C21H16F3N3O2. The summed E-state index contributed by atoms with van der Waals surface area (Å²) in [4.78, 5) is 16.2. The van der Waals surface area contributed by atoms with Crippen molar-refractivity contribution >= 4 is 16.8 Å². The lowest BCUT2D eigenvalue weighted by atomic mass is 10.1. The Kier molecular flexibility index (Phi) is 4.49. The van der Waals surface area contributed by atoms with E-state index in [2.05, 4.69) is 14.7 Å². The van der Waals surface area contributed by atoms with Crippen LogP contribution < -0.4 is 0 Å². The van der Waals surface area contributed by atoms with Gasteiger partial charge in [0.05, 0.1) is 11.9 Å². The molecule has 0 N–H and O–H groups in total. The molecule has 0 atom stereocenters. The van der Waals surface area contributed by atoms with E-state index in [0.717, 1.165) is 22.1 Å². The zero-order chi connectivity index (χ0) is 20.8. The minimum Gasteiger partial charge on any atom is -0.329 e. The Morgan fingerprint density at radius 2 is 1.83 bits per heavy atom. The van der Waals surface area contributed by atoms with Crippen LogP contribution in [0.1, 0.15) is 27.4 Å². The Morgan fingerprint density at radius 1 is 1.10 bits per heavy atom. The number of alkyl halides is 3. The number of carbonyl (C=O) groups excluding carboxylic acids is 1. The SMILES string of the molecule is Cc1ccc(CC(=O)n2cc(C)c3cc(-c4noc(C(F)(F)F)n4)ccc32)cc1. The largest absolute Gasteiger partial charge is 0.471 e. The van der Waals surface area contributed by atoms with Gasteiger partial charge in [0.1, 0.15) is 0 Å². The maximum Gasteiger partial charge on any atom is 0.471 e. The zero-order valence-electron chi connectivity index (χ0n) is 15.6. The van der Waals surface area contributed by atoms with Crippen LogP contribution in [0.15, 0.2) is 53.2 Å². The Balaban J connectivity index is 1.67. The second-order valence-electron chi connectivity index (χ2n) is 6.89. The maximum atomic E-state index is 12.8. The summed E-state index contributed by atoms with van der Waals surface area (Å²) in [5, 5.41) is 4.15. The van der Waals surface area contributed by atoms with Crippen LogP contribution in [-0.4, -0.2) is 20.6 Å². The number of fused-ring (bicyclic) bond motifs is 1. The van der Waals surface area contributed by atoms with Crippen molar-refractivity contribution in [1.82, 2.24) is 14.7 Å². The van der Waals surface area contributed by atoms with E-state index in [9.17, 15) is 18.0 Å². The van der Waals surface area contributed by atoms with Gasteiger partial charge in [-0.1, -0.05) is 35.0 Å². The highest BCUT2D eigenvalue weighted by atomic mass is 19.4. The molecule has 0 saturated heterocycles. The van der Waals surface area contributed by atoms with Crippen molar-refractivity contribution in [2.45, 2.75) is 26.4 Å². The minimum atomic E-state index is -4.70. The van der Waals surface area contributed by atoms with Crippen molar-refractivity contribution < 1.29 is 22.5 Å². The number of benzene rings is 2. The van der Waals surface area contributed by atoms with Crippen LogP contribution in [0, 0.1) is 13.8 Å². The van der Waals surface area contributed by atoms with Gasteiger partial charge in [-0.3, -0.25) is 9.36 Å². The zero-order valence-corrected chi connectivity index (χ0v) is 15.6. The van der Waals surface area contributed by atoms with Crippen LogP contribution in [-0.2, 0) is 12.6 Å². The predicted molar refractivity (Wildman–Crippen MR) is 100 cm³/mol. The molecule has 0 amide bonds. The molecule has 2 heterocycles. The molecule has 0 radical (unpaired) electrons. The molecule has 8 heteroatoms. The summed E-state index contributed by atoms with van der Waals surface area (Å²) in [6.45, 7) is 3.81. The van der Waals surface area contributed by atoms with Gasteiger partial charge in [0.25, 0.3) is 0 Å². The molecule has 0 aliphatic rings. The quantitative estimate of drug-likeness (QED) is 0.475. The van der Waals surface area contributed by atoms with E-state index in [1.807, 2.05) is 38.1 Å². The number of hydrogen-bond acceptors (Lipinski definition) is 4. The van der Waals surface area contributed by atoms with E-state index in [-0.39, 0.29) is 18.2 Å². The summed E-state index contributed by atoms with van der Waals surface area (Å²) >= 11 is 0. The molecule has 0 fully saturated rings. The third-order valence-electron chi connectivity index (χ3n) is 4.68. The van der Waals surface area contributed by atoms with Gasteiger partial charge in [0, 0.05) is 17.1 Å². The van der Waals surface area contributed by atoms with Crippen LogP contribution in [0.5, 0.6) is 0 Å². The molecule has 2 aromatic carbocycles. The number of halogens is 3. The first-order valence-corrected chi connectivity index (χ1v) is 8.84. The molecule has 0 unspecified atom stereocenters. The Morgan fingerprint density at radius 3 is 2.48 bits per heavy atom. The standard InChI is InChI=1S/C21H16F3N3O2/c1-12-3-5-14(6-4-12)9-18(28)27-11-13(2)16-10-15(7-8-17(16)27)19-25-20(29-26-19)21(22,23)24/h3-8,10-11H,9H2,1-2H3. The van der Waals surface area contributed by atoms with Gasteiger partial charge in [0.15, 0.2) is 0 Å². The third-order valence-corrected chi connectivity index (χ3v) is 4.68. The normalized spacial score (nSPS) is 11.9. The van der Waals surface area contributed by atoms with Crippen molar-refractivity contribution in [3.05, 3.63) is 71.2 Å². The summed E-state index contributed by atoms with van der Waals surface area (Å²) in [5.74, 6) is -1.65. The summed E-state index contributed by atoms with van der Waals surface area (Å²) in [5.41, 5.74) is 3.89. The number of aromatic nitrogens is 3. The fraction of sp³-hybridized carbons (Fsp3) is 0.190. The average Bonchev–Trinajstić information content (AvgIpc) is 3.29. The van der Waals surface area contributed by atoms with E-state index >= 15 is 0 Å². The monoisotopic (exact) mass is 399 g/mol. The highest BCUT2D eigenvalue weighted by molar-refractivity contribution is 5.96. The third kappa shape index (κ3) is 3.65. The molecule has 4 aromatic rings. The highest BCUT2D eigenvalue weighted by Crippen LogP contribution is 2.31. The molecule has 0 aliphatic heterocycles. The van der Waals surface area contributed by atoms with Crippen LogP contribution in [0.3, 0.4) is 0 Å². The van der Waals surface area contributed by atoms with Gasteiger partial charge in [-0.2, -0.15) is 18.2 Å². The lowest BCUT2D eigenvalue weighted by molar-refractivity contribution is -0.159. The molecule has 0 bridgehead atoms. The van der Waals surface area contributed by atoms with E-state index in [1.54, 1.807) is 29.0 Å². The maximum absolute atomic E-state index is 12.8. The summed E-state index contributed by atoms with van der Waals surface area (Å²) < 4.78 is 43.9.